The highest BCUT2D eigenvalue weighted by Crippen LogP contribution is 2.34. The van der Waals surface area contributed by atoms with E-state index in [1.807, 2.05) is 54.6 Å². The lowest BCUT2D eigenvalue weighted by Crippen LogP contribution is -2.36. The van der Waals surface area contributed by atoms with Crippen LogP contribution in [0.4, 0.5) is 5.13 Å². The number of benzene rings is 2. The Labute approximate surface area is 182 Å². The van der Waals surface area contributed by atoms with Crippen LogP contribution < -0.4 is 10.5 Å². The molecule has 1 fully saturated rings. The van der Waals surface area contributed by atoms with Crippen molar-refractivity contribution in [1.29, 1.82) is 0 Å². The summed E-state index contributed by atoms with van der Waals surface area (Å²) in [6, 6.07) is 17.4. The molecule has 0 N–H and O–H groups in total. The van der Waals surface area contributed by atoms with Gasteiger partial charge in [0.2, 0.25) is 0 Å². The normalized spacial score (nSPS) is 14.4. The number of nitrogens with zero attached hydrogens (tertiary/aromatic N) is 4. The number of ether oxygens (including phenoxy) is 1. The molecule has 0 radical (unpaired) electrons. The Bertz CT molecular complexity index is 1230. The first kappa shape index (κ1) is 19.2. The van der Waals surface area contributed by atoms with Gasteiger partial charge in [-0.15, -0.1) is 0 Å². The fraction of sp³-hybridized carbons (Fsp3) is 0.227. The average Bonchev–Trinajstić information content (AvgIpc) is 3.24. The summed E-state index contributed by atoms with van der Waals surface area (Å²) in [5.41, 5.74) is 2.97. The molecule has 1 saturated heterocycles. The summed E-state index contributed by atoms with van der Waals surface area (Å²) in [7, 11) is 0. The van der Waals surface area contributed by atoms with E-state index in [1.165, 1.54) is 16.0 Å². The molecule has 4 aromatic rings. The minimum absolute atomic E-state index is 0.185. The second-order valence-electron chi connectivity index (χ2n) is 7.08. The molecule has 2 aromatic carbocycles. The van der Waals surface area contributed by atoms with Crippen LogP contribution in [0.15, 0.2) is 59.4 Å². The van der Waals surface area contributed by atoms with Crippen molar-refractivity contribution in [3.8, 4) is 11.3 Å². The summed E-state index contributed by atoms with van der Waals surface area (Å²) in [5, 5.41) is 6.25. The maximum absolute atomic E-state index is 13.3. The second kappa shape index (κ2) is 8.18. The average molecular weight is 439 g/mol. The number of hydrogen-bond donors (Lipinski definition) is 0. The number of halogens is 1. The number of fused-ring (bicyclic) bond motifs is 1. The largest absolute Gasteiger partial charge is 0.378 e. The molecule has 1 aliphatic rings. The number of thiazole rings is 1. The minimum Gasteiger partial charge on any atom is -0.378 e. The van der Waals surface area contributed by atoms with E-state index in [0.29, 0.717) is 30.3 Å². The predicted molar refractivity (Wildman–Crippen MR) is 121 cm³/mol. The first-order valence-electron chi connectivity index (χ1n) is 9.73. The van der Waals surface area contributed by atoms with Crippen LogP contribution in [0.1, 0.15) is 5.56 Å². The Morgan fingerprint density at radius 2 is 1.77 bits per heavy atom. The molecule has 152 valence electrons. The molecule has 8 heteroatoms. The van der Waals surface area contributed by atoms with Crippen molar-refractivity contribution in [1.82, 2.24) is 14.8 Å². The zero-order valence-corrected chi connectivity index (χ0v) is 17.7. The summed E-state index contributed by atoms with van der Waals surface area (Å²) < 4.78 is 7.77. The topological polar surface area (TPSA) is 60.3 Å². The van der Waals surface area contributed by atoms with Gasteiger partial charge in [0.1, 0.15) is 5.69 Å². The van der Waals surface area contributed by atoms with Crippen LogP contribution in [0.5, 0.6) is 0 Å². The summed E-state index contributed by atoms with van der Waals surface area (Å²) in [5.74, 6) is 0. The Kier molecular flexibility index (Phi) is 5.25. The molecular formula is C22H19ClN4O2S. The molecule has 6 nitrogen and oxygen atoms in total. The van der Waals surface area contributed by atoms with Gasteiger partial charge in [0.15, 0.2) is 10.6 Å². The highest BCUT2D eigenvalue weighted by atomic mass is 35.5. The Hall–Kier alpha value is -2.74. The first-order chi connectivity index (χ1) is 14.7. The molecule has 0 bridgehead atoms. The summed E-state index contributed by atoms with van der Waals surface area (Å²) in [6.45, 7) is 3.23. The molecule has 0 amide bonds. The molecule has 2 aromatic heterocycles. The van der Waals surface area contributed by atoms with Crippen molar-refractivity contribution in [2.24, 2.45) is 0 Å². The van der Waals surface area contributed by atoms with Gasteiger partial charge in [-0.25, -0.2) is 9.67 Å². The molecule has 0 atom stereocenters. The van der Waals surface area contributed by atoms with Gasteiger partial charge >= 0.3 is 0 Å². The van der Waals surface area contributed by atoms with E-state index in [2.05, 4.69) is 4.90 Å². The lowest BCUT2D eigenvalue weighted by Gasteiger charge is -2.25. The number of aromatic nitrogens is 3. The van der Waals surface area contributed by atoms with E-state index >= 15 is 0 Å². The highest BCUT2D eigenvalue weighted by molar-refractivity contribution is 7.22. The number of hydrogen-bond acceptors (Lipinski definition) is 6. The number of morpholine rings is 1. The molecular weight excluding hydrogens is 420 g/mol. The van der Waals surface area contributed by atoms with Gasteiger partial charge in [-0.1, -0.05) is 65.4 Å². The van der Waals surface area contributed by atoms with Gasteiger partial charge in [0.05, 0.1) is 24.5 Å². The molecule has 0 aliphatic carbocycles. The molecule has 30 heavy (non-hydrogen) atoms. The zero-order chi connectivity index (χ0) is 20.5. The molecule has 1 aliphatic heterocycles. The predicted octanol–water partition coefficient (Wildman–Crippen LogP) is 4.06. The van der Waals surface area contributed by atoms with Gasteiger partial charge in [-0.05, 0) is 17.7 Å². The Morgan fingerprint density at radius 1 is 1.03 bits per heavy atom. The summed E-state index contributed by atoms with van der Waals surface area (Å²) in [6.07, 6.45) is 0. The SMILES string of the molecule is O=c1c2nc(N3CCOCC3)sc2c(-c2ccccc2)nn1Cc1ccc(Cl)cc1. The van der Waals surface area contributed by atoms with E-state index in [1.54, 1.807) is 0 Å². The smallest absolute Gasteiger partial charge is 0.294 e. The van der Waals surface area contributed by atoms with Crippen LogP contribution in [0, 0.1) is 0 Å². The van der Waals surface area contributed by atoms with Crippen molar-refractivity contribution in [2.45, 2.75) is 6.54 Å². The van der Waals surface area contributed by atoms with Gasteiger partial charge in [0.25, 0.3) is 5.56 Å². The fourth-order valence-corrected chi connectivity index (χ4v) is 4.73. The Morgan fingerprint density at radius 3 is 2.50 bits per heavy atom. The van der Waals surface area contributed by atoms with Gasteiger partial charge in [-0.2, -0.15) is 5.10 Å². The standard InChI is InChI=1S/C22H19ClN4O2S/c23-17-8-6-15(7-9-17)14-27-21(28)19-20(18(25-27)16-4-2-1-3-5-16)30-22(24-19)26-10-12-29-13-11-26/h1-9H,10-14H2. The highest BCUT2D eigenvalue weighted by Gasteiger charge is 2.21. The third kappa shape index (κ3) is 3.71. The molecule has 0 unspecified atom stereocenters. The third-order valence-electron chi connectivity index (χ3n) is 5.06. The lowest BCUT2D eigenvalue weighted by molar-refractivity contribution is 0.122. The Balaban J connectivity index is 1.66. The maximum atomic E-state index is 13.3. The van der Waals surface area contributed by atoms with Crippen molar-refractivity contribution in [3.05, 3.63) is 75.5 Å². The third-order valence-corrected chi connectivity index (χ3v) is 6.44. The summed E-state index contributed by atoms with van der Waals surface area (Å²) in [4.78, 5) is 20.2. The molecule has 3 heterocycles. The van der Waals surface area contributed by atoms with E-state index in [-0.39, 0.29) is 5.56 Å². The van der Waals surface area contributed by atoms with Crippen molar-refractivity contribution in [2.75, 3.05) is 31.2 Å². The van der Waals surface area contributed by atoms with Crippen LogP contribution in [-0.4, -0.2) is 41.1 Å². The zero-order valence-electron chi connectivity index (χ0n) is 16.1. The van der Waals surface area contributed by atoms with E-state index in [9.17, 15) is 4.79 Å². The van der Waals surface area contributed by atoms with E-state index in [4.69, 9.17) is 26.4 Å². The monoisotopic (exact) mass is 438 g/mol. The quantitative estimate of drug-likeness (QED) is 0.481. The maximum Gasteiger partial charge on any atom is 0.294 e. The molecule has 0 spiro atoms. The van der Waals surface area contributed by atoms with Crippen LogP contribution in [0.3, 0.4) is 0 Å². The summed E-state index contributed by atoms with van der Waals surface area (Å²) >= 11 is 7.52. The minimum atomic E-state index is -0.185. The van der Waals surface area contributed by atoms with Gasteiger partial charge in [-0.3, -0.25) is 4.79 Å². The van der Waals surface area contributed by atoms with Gasteiger partial charge < -0.3 is 9.64 Å². The van der Waals surface area contributed by atoms with Gasteiger partial charge in [0, 0.05) is 23.7 Å². The molecule has 5 rings (SSSR count). The van der Waals surface area contributed by atoms with E-state index < -0.39 is 0 Å². The first-order valence-corrected chi connectivity index (χ1v) is 10.9. The van der Waals surface area contributed by atoms with Crippen molar-refractivity contribution < 1.29 is 4.74 Å². The number of anilines is 1. The van der Waals surface area contributed by atoms with Crippen molar-refractivity contribution >= 4 is 38.3 Å². The number of rotatable bonds is 4. The molecule has 0 saturated carbocycles. The van der Waals surface area contributed by atoms with Crippen molar-refractivity contribution in [3.63, 3.8) is 0 Å². The van der Waals surface area contributed by atoms with Crippen LogP contribution in [0.2, 0.25) is 5.02 Å². The van der Waals surface area contributed by atoms with Crippen LogP contribution >= 0.6 is 22.9 Å². The fourth-order valence-electron chi connectivity index (χ4n) is 3.49. The van der Waals surface area contributed by atoms with Crippen LogP contribution in [-0.2, 0) is 11.3 Å². The lowest BCUT2D eigenvalue weighted by atomic mass is 10.1. The second-order valence-corrected chi connectivity index (χ2v) is 8.49. The van der Waals surface area contributed by atoms with Crippen LogP contribution in [0.25, 0.3) is 21.5 Å². The van der Waals surface area contributed by atoms with E-state index in [0.717, 1.165) is 39.7 Å².